The van der Waals surface area contributed by atoms with Gasteiger partial charge in [-0.2, -0.15) is 5.26 Å². The summed E-state index contributed by atoms with van der Waals surface area (Å²) in [5.74, 6) is -0.247. The van der Waals surface area contributed by atoms with Crippen LogP contribution in [0.25, 0.3) is 0 Å². The van der Waals surface area contributed by atoms with Crippen LogP contribution in [0.2, 0.25) is 0 Å². The molecule has 5 heteroatoms. The molecule has 1 atom stereocenters. The highest BCUT2D eigenvalue weighted by molar-refractivity contribution is 9.10. The van der Waals surface area contributed by atoms with Crippen LogP contribution in [0.1, 0.15) is 18.0 Å². The largest absolute Gasteiger partial charge is 0.314 e. The van der Waals surface area contributed by atoms with Crippen molar-refractivity contribution in [1.82, 2.24) is 10.2 Å². The molecule has 1 aromatic carbocycles. The van der Waals surface area contributed by atoms with Crippen LogP contribution in [0.3, 0.4) is 0 Å². The van der Waals surface area contributed by atoms with Crippen molar-refractivity contribution in [1.29, 1.82) is 5.26 Å². The number of nitriles is 1. The second-order valence-corrected chi connectivity index (χ2v) is 5.25. The minimum atomic E-state index is -0.247. The predicted molar refractivity (Wildman–Crippen MR) is 71.5 cm³/mol. The molecule has 0 amide bonds. The lowest BCUT2D eigenvalue weighted by Gasteiger charge is -2.34. The maximum atomic E-state index is 14.0. The van der Waals surface area contributed by atoms with Gasteiger partial charge in [-0.25, -0.2) is 4.39 Å². The van der Waals surface area contributed by atoms with Gasteiger partial charge in [0.2, 0.25) is 0 Å². The van der Waals surface area contributed by atoms with Gasteiger partial charge in [0.05, 0.1) is 18.5 Å². The van der Waals surface area contributed by atoms with E-state index in [1.54, 1.807) is 6.07 Å². The molecule has 96 valence electrons. The van der Waals surface area contributed by atoms with E-state index in [0.29, 0.717) is 12.0 Å². The van der Waals surface area contributed by atoms with Gasteiger partial charge in [-0.05, 0) is 12.1 Å². The van der Waals surface area contributed by atoms with E-state index >= 15 is 0 Å². The molecule has 0 aliphatic carbocycles. The molecule has 1 aromatic rings. The Morgan fingerprint density at radius 3 is 2.78 bits per heavy atom. The van der Waals surface area contributed by atoms with Crippen molar-refractivity contribution in [3.63, 3.8) is 0 Å². The highest BCUT2D eigenvalue weighted by Gasteiger charge is 2.24. The first-order valence-electron chi connectivity index (χ1n) is 5.99. The van der Waals surface area contributed by atoms with Gasteiger partial charge in [0.1, 0.15) is 5.82 Å². The molecule has 1 heterocycles. The molecule has 1 fully saturated rings. The van der Waals surface area contributed by atoms with Crippen LogP contribution in [0.4, 0.5) is 4.39 Å². The summed E-state index contributed by atoms with van der Waals surface area (Å²) in [6.45, 7) is 3.48. The maximum absolute atomic E-state index is 14.0. The number of piperazine rings is 1. The van der Waals surface area contributed by atoms with Crippen molar-refractivity contribution in [2.24, 2.45) is 0 Å². The predicted octanol–water partition coefficient (Wildman–Crippen LogP) is 2.45. The molecule has 0 aromatic heterocycles. The lowest BCUT2D eigenvalue weighted by atomic mass is 10.0. The van der Waals surface area contributed by atoms with E-state index in [1.165, 1.54) is 6.07 Å². The van der Waals surface area contributed by atoms with Crippen molar-refractivity contribution in [3.8, 4) is 6.07 Å². The van der Waals surface area contributed by atoms with Gasteiger partial charge in [-0.1, -0.05) is 22.0 Å². The third-order valence-corrected chi connectivity index (χ3v) is 3.69. The highest BCUT2D eigenvalue weighted by Crippen LogP contribution is 2.28. The third-order valence-electron chi connectivity index (χ3n) is 3.20. The first-order valence-corrected chi connectivity index (χ1v) is 6.78. The monoisotopic (exact) mass is 311 g/mol. The summed E-state index contributed by atoms with van der Waals surface area (Å²) < 4.78 is 14.7. The van der Waals surface area contributed by atoms with Crippen molar-refractivity contribution in [3.05, 3.63) is 34.1 Å². The Balaban J connectivity index is 2.25. The molecule has 0 spiro atoms. The molecule has 0 radical (unpaired) electrons. The first-order chi connectivity index (χ1) is 8.72. The first kappa shape index (κ1) is 13.5. The highest BCUT2D eigenvalue weighted by atomic mass is 79.9. The summed E-state index contributed by atoms with van der Waals surface area (Å²) in [5, 5.41) is 12.2. The van der Waals surface area contributed by atoms with Gasteiger partial charge < -0.3 is 5.32 Å². The fourth-order valence-electron chi connectivity index (χ4n) is 2.29. The Morgan fingerprint density at radius 2 is 2.17 bits per heavy atom. The minimum absolute atomic E-state index is 0.148. The SMILES string of the molecule is N#CC[C@H](c1ccc(Br)cc1F)N1CCNCC1. The molecule has 1 aliphatic rings. The lowest BCUT2D eigenvalue weighted by Crippen LogP contribution is -2.45. The van der Waals surface area contributed by atoms with Crippen LogP contribution in [-0.2, 0) is 0 Å². The summed E-state index contributed by atoms with van der Waals surface area (Å²) in [5.41, 5.74) is 0.613. The topological polar surface area (TPSA) is 39.1 Å². The smallest absolute Gasteiger partial charge is 0.129 e. The van der Waals surface area contributed by atoms with Crippen molar-refractivity contribution < 1.29 is 4.39 Å². The molecular formula is C13H15BrFN3. The Morgan fingerprint density at radius 1 is 1.44 bits per heavy atom. The molecule has 0 bridgehead atoms. The summed E-state index contributed by atoms with van der Waals surface area (Å²) in [6, 6.07) is 7.07. The zero-order chi connectivity index (χ0) is 13.0. The standard InChI is InChI=1S/C13H15BrFN3/c14-10-1-2-11(12(15)9-10)13(3-4-16)18-7-5-17-6-8-18/h1-2,9,13,17H,3,5-8H2/t13-/m1/s1. The molecule has 0 unspecified atom stereocenters. The Labute approximate surface area is 115 Å². The van der Waals surface area contributed by atoms with E-state index in [-0.39, 0.29) is 11.9 Å². The molecule has 0 saturated carbocycles. The number of nitrogens with zero attached hydrogens (tertiary/aromatic N) is 2. The van der Waals surface area contributed by atoms with Gasteiger partial charge in [-0.3, -0.25) is 4.90 Å². The average molecular weight is 312 g/mol. The van der Waals surface area contributed by atoms with Gasteiger partial charge >= 0.3 is 0 Å². The Kier molecular flexibility index (Phi) is 4.70. The van der Waals surface area contributed by atoms with Gasteiger partial charge in [0.25, 0.3) is 0 Å². The van der Waals surface area contributed by atoms with Crippen molar-refractivity contribution >= 4 is 15.9 Å². The van der Waals surface area contributed by atoms with E-state index in [2.05, 4.69) is 32.2 Å². The zero-order valence-electron chi connectivity index (χ0n) is 10.00. The normalized spacial score (nSPS) is 18.3. The molecular weight excluding hydrogens is 297 g/mol. The van der Waals surface area contributed by atoms with E-state index in [1.807, 2.05) is 6.07 Å². The van der Waals surface area contributed by atoms with Crippen LogP contribution in [-0.4, -0.2) is 31.1 Å². The Bertz CT molecular complexity index is 452. The van der Waals surface area contributed by atoms with Gasteiger partial charge in [-0.15, -0.1) is 0 Å². The molecule has 1 aliphatic heterocycles. The molecule has 1 saturated heterocycles. The van der Waals surface area contributed by atoms with E-state index in [4.69, 9.17) is 5.26 Å². The maximum Gasteiger partial charge on any atom is 0.129 e. The van der Waals surface area contributed by atoms with Crippen LogP contribution in [0.5, 0.6) is 0 Å². The zero-order valence-corrected chi connectivity index (χ0v) is 11.6. The van der Waals surface area contributed by atoms with E-state index in [9.17, 15) is 4.39 Å². The van der Waals surface area contributed by atoms with Crippen LogP contribution >= 0.6 is 15.9 Å². The van der Waals surface area contributed by atoms with E-state index in [0.717, 1.165) is 30.7 Å². The van der Waals surface area contributed by atoms with Crippen LogP contribution in [0.15, 0.2) is 22.7 Å². The van der Waals surface area contributed by atoms with Crippen molar-refractivity contribution in [2.75, 3.05) is 26.2 Å². The minimum Gasteiger partial charge on any atom is -0.314 e. The van der Waals surface area contributed by atoms with Crippen molar-refractivity contribution in [2.45, 2.75) is 12.5 Å². The summed E-state index contributed by atoms with van der Waals surface area (Å²) in [7, 11) is 0. The summed E-state index contributed by atoms with van der Waals surface area (Å²) >= 11 is 3.25. The summed E-state index contributed by atoms with van der Waals surface area (Å²) in [6.07, 6.45) is 0.318. The second kappa shape index (κ2) is 6.28. The second-order valence-electron chi connectivity index (χ2n) is 4.33. The van der Waals surface area contributed by atoms with Crippen LogP contribution in [0, 0.1) is 17.1 Å². The number of rotatable bonds is 3. The molecule has 1 N–H and O–H groups in total. The van der Waals surface area contributed by atoms with Gasteiger partial charge in [0.15, 0.2) is 0 Å². The average Bonchev–Trinajstić information content (AvgIpc) is 2.38. The summed E-state index contributed by atoms with van der Waals surface area (Å²) in [4.78, 5) is 2.17. The van der Waals surface area contributed by atoms with Crippen LogP contribution < -0.4 is 5.32 Å². The number of halogens is 2. The Hall–Kier alpha value is -0.960. The third kappa shape index (κ3) is 3.08. The number of hydrogen-bond acceptors (Lipinski definition) is 3. The number of benzene rings is 1. The number of nitrogens with one attached hydrogen (secondary N) is 1. The fourth-order valence-corrected chi connectivity index (χ4v) is 2.62. The molecule has 18 heavy (non-hydrogen) atoms. The van der Waals surface area contributed by atoms with E-state index < -0.39 is 0 Å². The fraction of sp³-hybridized carbons (Fsp3) is 0.462. The van der Waals surface area contributed by atoms with Gasteiger partial charge in [0, 0.05) is 36.2 Å². The number of hydrogen-bond donors (Lipinski definition) is 1. The quantitative estimate of drug-likeness (QED) is 0.932. The lowest BCUT2D eigenvalue weighted by molar-refractivity contribution is 0.172. The molecule has 2 rings (SSSR count). The molecule has 3 nitrogen and oxygen atoms in total.